The Bertz CT molecular complexity index is 382. The van der Waals surface area contributed by atoms with E-state index in [1.165, 1.54) is 6.26 Å². The van der Waals surface area contributed by atoms with Crippen LogP contribution in [-0.2, 0) is 16.3 Å². The summed E-state index contributed by atoms with van der Waals surface area (Å²) in [4.78, 5) is 0.309. The lowest BCUT2D eigenvalue weighted by Crippen LogP contribution is -2.03. The van der Waals surface area contributed by atoms with Gasteiger partial charge in [-0.15, -0.1) is 0 Å². The van der Waals surface area contributed by atoms with Crippen LogP contribution in [0.25, 0.3) is 0 Å². The van der Waals surface area contributed by atoms with E-state index in [0.717, 1.165) is 0 Å². The van der Waals surface area contributed by atoms with Gasteiger partial charge in [0.2, 0.25) is 0 Å². The predicted octanol–water partition coefficient (Wildman–Crippen LogP) is 0.625. The summed E-state index contributed by atoms with van der Waals surface area (Å²) in [7, 11) is -3.17. The number of hydrogen-bond donors (Lipinski definition) is 1. The number of benzene rings is 1. The second-order valence-electron chi connectivity index (χ2n) is 2.85. The van der Waals surface area contributed by atoms with E-state index in [1.54, 1.807) is 24.3 Å². The molecule has 72 valence electrons. The Hall–Kier alpha value is -0.870. The van der Waals surface area contributed by atoms with Crippen LogP contribution < -0.4 is 0 Å². The van der Waals surface area contributed by atoms with Gasteiger partial charge < -0.3 is 5.11 Å². The summed E-state index contributed by atoms with van der Waals surface area (Å²) in [5.41, 5.74) is 0.674. The molecule has 0 saturated heterocycles. The van der Waals surface area contributed by atoms with Crippen molar-refractivity contribution in [3.63, 3.8) is 0 Å². The van der Waals surface area contributed by atoms with E-state index < -0.39 is 9.84 Å². The normalized spacial score (nSPS) is 11.5. The molecule has 0 atom stereocenters. The number of aliphatic hydroxyl groups excluding tert-OH is 1. The van der Waals surface area contributed by atoms with Crippen LogP contribution in [-0.4, -0.2) is 26.4 Å². The van der Waals surface area contributed by atoms with Crippen molar-refractivity contribution in [3.8, 4) is 0 Å². The van der Waals surface area contributed by atoms with Gasteiger partial charge in [-0.05, 0) is 18.1 Å². The minimum absolute atomic E-state index is 0.0352. The molecule has 4 heteroatoms. The monoisotopic (exact) mass is 200 g/mol. The standard InChI is InChI=1S/C9H12O3S/c1-13(11,12)9-5-3-2-4-8(9)6-7-10/h2-5,10H,6-7H2,1H3. The minimum Gasteiger partial charge on any atom is -0.396 e. The highest BCUT2D eigenvalue weighted by Crippen LogP contribution is 2.15. The molecule has 0 radical (unpaired) electrons. The maximum absolute atomic E-state index is 11.2. The molecule has 13 heavy (non-hydrogen) atoms. The average molecular weight is 200 g/mol. The van der Waals surface area contributed by atoms with Gasteiger partial charge in [-0.2, -0.15) is 0 Å². The number of rotatable bonds is 3. The van der Waals surface area contributed by atoms with Gasteiger partial charge in [-0.3, -0.25) is 0 Å². The first-order chi connectivity index (χ1) is 6.05. The lowest BCUT2D eigenvalue weighted by Gasteiger charge is -2.04. The molecule has 0 aliphatic heterocycles. The smallest absolute Gasteiger partial charge is 0.175 e. The van der Waals surface area contributed by atoms with E-state index in [9.17, 15) is 8.42 Å². The molecule has 0 amide bonds. The fourth-order valence-corrected chi connectivity index (χ4v) is 2.16. The third-order valence-electron chi connectivity index (χ3n) is 1.75. The highest BCUT2D eigenvalue weighted by Gasteiger charge is 2.11. The Kier molecular flexibility index (Phi) is 3.06. The van der Waals surface area contributed by atoms with Gasteiger partial charge in [-0.1, -0.05) is 18.2 Å². The molecule has 0 aliphatic rings. The maximum Gasteiger partial charge on any atom is 0.175 e. The van der Waals surface area contributed by atoms with Gasteiger partial charge in [0.15, 0.2) is 9.84 Å². The van der Waals surface area contributed by atoms with Gasteiger partial charge in [0, 0.05) is 12.9 Å². The second kappa shape index (κ2) is 3.89. The lowest BCUT2D eigenvalue weighted by atomic mass is 10.2. The van der Waals surface area contributed by atoms with Gasteiger partial charge in [0.25, 0.3) is 0 Å². The Morgan fingerprint density at radius 2 is 1.92 bits per heavy atom. The van der Waals surface area contributed by atoms with E-state index in [1.807, 2.05) is 0 Å². The van der Waals surface area contributed by atoms with Crippen molar-refractivity contribution in [2.45, 2.75) is 11.3 Å². The Balaban J connectivity index is 3.20. The van der Waals surface area contributed by atoms with E-state index in [0.29, 0.717) is 16.9 Å². The molecule has 0 aromatic heterocycles. The van der Waals surface area contributed by atoms with Crippen molar-refractivity contribution >= 4 is 9.84 Å². The number of hydrogen-bond acceptors (Lipinski definition) is 3. The third-order valence-corrected chi connectivity index (χ3v) is 2.95. The van der Waals surface area contributed by atoms with Gasteiger partial charge in [0.1, 0.15) is 0 Å². The molecule has 0 saturated carbocycles. The first-order valence-electron chi connectivity index (χ1n) is 3.94. The molecule has 0 spiro atoms. The summed E-state index contributed by atoms with van der Waals surface area (Å²) in [6.07, 6.45) is 1.55. The molecule has 1 aromatic carbocycles. The molecule has 1 aromatic rings. The molecule has 1 rings (SSSR count). The fraction of sp³-hybridized carbons (Fsp3) is 0.333. The third kappa shape index (κ3) is 2.54. The highest BCUT2D eigenvalue weighted by molar-refractivity contribution is 7.90. The van der Waals surface area contributed by atoms with E-state index >= 15 is 0 Å². The Morgan fingerprint density at radius 1 is 1.31 bits per heavy atom. The van der Waals surface area contributed by atoms with Gasteiger partial charge in [-0.25, -0.2) is 8.42 Å². The topological polar surface area (TPSA) is 54.4 Å². The maximum atomic E-state index is 11.2. The molecule has 0 aliphatic carbocycles. The number of aliphatic hydroxyl groups is 1. The fourth-order valence-electron chi connectivity index (χ4n) is 1.19. The summed E-state index contributed by atoms with van der Waals surface area (Å²) in [5, 5.41) is 8.72. The van der Waals surface area contributed by atoms with Gasteiger partial charge >= 0.3 is 0 Å². The summed E-state index contributed by atoms with van der Waals surface area (Å²) < 4.78 is 22.5. The van der Waals surface area contributed by atoms with Crippen LogP contribution in [0.5, 0.6) is 0 Å². The van der Waals surface area contributed by atoms with Crippen molar-refractivity contribution in [2.75, 3.05) is 12.9 Å². The van der Waals surface area contributed by atoms with Crippen molar-refractivity contribution in [2.24, 2.45) is 0 Å². The zero-order valence-electron chi connectivity index (χ0n) is 7.40. The SMILES string of the molecule is CS(=O)(=O)c1ccccc1CCO. The zero-order chi connectivity index (χ0) is 9.90. The van der Waals surface area contributed by atoms with Crippen molar-refractivity contribution in [3.05, 3.63) is 29.8 Å². The minimum atomic E-state index is -3.17. The molecule has 3 nitrogen and oxygen atoms in total. The first-order valence-corrected chi connectivity index (χ1v) is 5.83. The van der Waals surface area contributed by atoms with Crippen LogP contribution in [0.3, 0.4) is 0 Å². The van der Waals surface area contributed by atoms with Gasteiger partial charge in [0.05, 0.1) is 4.90 Å². The largest absolute Gasteiger partial charge is 0.396 e. The number of sulfone groups is 1. The summed E-state index contributed by atoms with van der Waals surface area (Å²) in [6, 6.07) is 6.71. The van der Waals surface area contributed by atoms with E-state index in [-0.39, 0.29) is 6.61 Å². The molecule has 0 heterocycles. The first kappa shape index (κ1) is 10.2. The quantitative estimate of drug-likeness (QED) is 0.778. The van der Waals surface area contributed by atoms with Crippen LogP contribution in [0.15, 0.2) is 29.2 Å². The summed E-state index contributed by atoms with van der Waals surface area (Å²) >= 11 is 0. The molecular weight excluding hydrogens is 188 g/mol. The van der Waals surface area contributed by atoms with E-state index in [4.69, 9.17) is 5.11 Å². The van der Waals surface area contributed by atoms with E-state index in [2.05, 4.69) is 0 Å². The lowest BCUT2D eigenvalue weighted by molar-refractivity contribution is 0.298. The Morgan fingerprint density at radius 3 is 2.46 bits per heavy atom. The molecule has 0 bridgehead atoms. The summed E-state index contributed by atoms with van der Waals surface area (Å²) in [6.45, 7) is -0.0352. The average Bonchev–Trinajstić information content (AvgIpc) is 2.04. The highest BCUT2D eigenvalue weighted by atomic mass is 32.2. The summed E-state index contributed by atoms with van der Waals surface area (Å²) in [5.74, 6) is 0. The zero-order valence-corrected chi connectivity index (χ0v) is 8.21. The van der Waals surface area contributed by atoms with Crippen molar-refractivity contribution in [1.29, 1.82) is 0 Å². The molecule has 0 fully saturated rings. The van der Waals surface area contributed by atoms with Crippen LogP contribution in [0.1, 0.15) is 5.56 Å². The van der Waals surface area contributed by atoms with Crippen LogP contribution in [0.2, 0.25) is 0 Å². The van der Waals surface area contributed by atoms with Crippen LogP contribution in [0, 0.1) is 0 Å². The Labute approximate surface area is 77.9 Å². The second-order valence-corrected chi connectivity index (χ2v) is 4.84. The molecular formula is C9H12O3S. The molecule has 1 N–H and O–H groups in total. The van der Waals surface area contributed by atoms with Crippen LogP contribution >= 0.6 is 0 Å². The predicted molar refractivity (Wildman–Crippen MR) is 50.3 cm³/mol. The molecule has 0 unspecified atom stereocenters. The van der Waals surface area contributed by atoms with Crippen LogP contribution in [0.4, 0.5) is 0 Å². The van der Waals surface area contributed by atoms with Crippen molar-refractivity contribution < 1.29 is 13.5 Å². The van der Waals surface area contributed by atoms with Crippen molar-refractivity contribution in [1.82, 2.24) is 0 Å².